The molecule has 1 unspecified atom stereocenters. The Hall–Kier alpha value is -2.13. The van der Waals surface area contributed by atoms with E-state index in [1.807, 2.05) is 0 Å². The monoisotopic (exact) mass is 395 g/mol. The van der Waals surface area contributed by atoms with Gasteiger partial charge in [0, 0.05) is 37.9 Å². The van der Waals surface area contributed by atoms with E-state index in [0.717, 1.165) is 62.4 Å². The number of alkyl halides is 3. The van der Waals surface area contributed by atoms with Gasteiger partial charge in [-0.1, -0.05) is 0 Å². The number of hydrogen-bond acceptors (Lipinski definition) is 5. The van der Waals surface area contributed by atoms with E-state index in [4.69, 9.17) is 0 Å². The molecule has 0 aromatic carbocycles. The fourth-order valence-electron chi connectivity index (χ4n) is 4.18. The van der Waals surface area contributed by atoms with Gasteiger partial charge in [0.2, 0.25) is 5.88 Å². The lowest BCUT2D eigenvalue weighted by Crippen LogP contribution is -2.46. The van der Waals surface area contributed by atoms with Crippen LogP contribution in [0.4, 0.5) is 13.2 Å². The van der Waals surface area contributed by atoms with Crippen LogP contribution in [0.25, 0.3) is 5.82 Å². The molecule has 1 saturated heterocycles. The number of pyridine rings is 1. The van der Waals surface area contributed by atoms with E-state index < -0.39 is 11.7 Å². The Morgan fingerprint density at radius 3 is 2.54 bits per heavy atom. The quantitative estimate of drug-likeness (QED) is 0.848. The highest BCUT2D eigenvalue weighted by Gasteiger charge is 2.35. The Morgan fingerprint density at radius 1 is 1.14 bits per heavy atom. The highest BCUT2D eigenvalue weighted by Crippen LogP contribution is 2.41. The number of aromatic hydroxyl groups is 1. The van der Waals surface area contributed by atoms with Crippen LogP contribution >= 0.6 is 0 Å². The lowest BCUT2D eigenvalue weighted by atomic mass is 9.91. The van der Waals surface area contributed by atoms with Crippen molar-refractivity contribution in [2.75, 3.05) is 33.2 Å². The molecular weight excluding hydrogens is 371 g/mol. The predicted molar refractivity (Wildman–Crippen MR) is 97.5 cm³/mol. The molecule has 152 valence electrons. The van der Waals surface area contributed by atoms with E-state index in [1.165, 1.54) is 11.6 Å². The minimum Gasteiger partial charge on any atom is -0.493 e. The molecular formula is C19H24F3N5O. The van der Waals surface area contributed by atoms with Crippen LogP contribution in [-0.4, -0.2) is 62.9 Å². The van der Waals surface area contributed by atoms with Crippen molar-refractivity contribution in [2.45, 2.75) is 38.4 Å². The van der Waals surface area contributed by atoms with Gasteiger partial charge in [-0.3, -0.25) is 4.90 Å². The van der Waals surface area contributed by atoms with Crippen molar-refractivity contribution in [3.63, 3.8) is 0 Å². The van der Waals surface area contributed by atoms with E-state index in [2.05, 4.69) is 26.9 Å². The van der Waals surface area contributed by atoms with Gasteiger partial charge in [-0.25, -0.2) is 4.98 Å². The van der Waals surface area contributed by atoms with Crippen molar-refractivity contribution in [1.82, 2.24) is 24.6 Å². The first-order chi connectivity index (χ1) is 13.2. The SMILES string of the molecule is Cc1cc(C(F)(F)F)cc(-n2nc3c(c2O)C(N2CCN(C)CC2)CCC3)n1. The normalized spacial score (nSPS) is 21.7. The maximum atomic E-state index is 13.2. The van der Waals surface area contributed by atoms with Crippen molar-refractivity contribution >= 4 is 0 Å². The lowest BCUT2D eigenvalue weighted by molar-refractivity contribution is -0.137. The third-order valence-corrected chi connectivity index (χ3v) is 5.66. The number of piperazine rings is 1. The van der Waals surface area contributed by atoms with Crippen molar-refractivity contribution in [1.29, 1.82) is 0 Å². The van der Waals surface area contributed by atoms with Crippen molar-refractivity contribution in [3.05, 3.63) is 34.6 Å². The molecule has 4 rings (SSSR count). The molecule has 1 atom stereocenters. The molecule has 2 aromatic rings. The van der Waals surface area contributed by atoms with E-state index in [9.17, 15) is 18.3 Å². The van der Waals surface area contributed by atoms with Gasteiger partial charge < -0.3 is 10.0 Å². The second-order valence-electron chi connectivity index (χ2n) is 7.70. The van der Waals surface area contributed by atoms with Crippen LogP contribution in [0.5, 0.6) is 5.88 Å². The maximum absolute atomic E-state index is 13.2. The Balaban J connectivity index is 1.73. The number of halogens is 3. The summed E-state index contributed by atoms with van der Waals surface area (Å²) >= 11 is 0. The van der Waals surface area contributed by atoms with Gasteiger partial charge in [-0.2, -0.15) is 23.0 Å². The van der Waals surface area contributed by atoms with E-state index >= 15 is 0 Å². The summed E-state index contributed by atoms with van der Waals surface area (Å²) in [5.41, 5.74) is 0.934. The maximum Gasteiger partial charge on any atom is 0.416 e. The molecule has 6 nitrogen and oxygen atoms in total. The summed E-state index contributed by atoms with van der Waals surface area (Å²) in [5, 5.41) is 15.4. The summed E-state index contributed by atoms with van der Waals surface area (Å²) < 4.78 is 40.8. The van der Waals surface area contributed by atoms with Gasteiger partial charge in [0.15, 0.2) is 5.82 Å². The van der Waals surface area contributed by atoms with Gasteiger partial charge in [0.1, 0.15) is 0 Å². The molecule has 0 radical (unpaired) electrons. The minimum atomic E-state index is -4.48. The molecule has 1 aliphatic carbocycles. The van der Waals surface area contributed by atoms with Crippen molar-refractivity contribution in [3.8, 4) is 11.7 Å². The van der Waals surface area contributed by atoms with Crippen LogP contribution in [0.15, 0.2) is 12.1 Å². The number of likely N-dealkylation sites (N-methyl/N-ethyl adjacent to an activating group) is 1. The summed E-state index contributed by atoms with van der Waals surface area (Å²) in [6.45, 7) is 5.20. The van der Waals surface area contributed by atoms with Gasteiger partial charge >= 0.3 is 6.18 Å². The minimum absolute atomic E-state index is 0.00338. The van der Waals surface area contributed by atoms with Gasteiger partial charge in [0.05, 0.1) is 16.8 Å². The van der Waals surface area contributed by atoms with E-state index in [1.54, 1.807) is 0 Å². The van der Waals surface area contributed by atoms with Crippen LogP contribution in [0.2, 0.25) is 0 Å². The number of aromatic nitrogens is 3. The number of fused-ring (bicyclic) bond motifs is 1. The lowest BCUT2D eigenvalue weighted by Gasteiger charge is -2.39. The second-order valence-corrected chi connectivity index (χ2v) is 7.70. The smallest absolute Gasteiger partial charge is 0.416 e. The molecule has 0 amide bonds. The molecule has 0 spiro atoms. The molecule has 28 heavy (non-hydrogen) atoms. The predicted octanol–water partition coefficient (Wildman–Crippen LogP) is 2.92. The standard InChI is InChI=1S/C19H24F3N5O/c1-12-10-13(19(20,21)22)11-16(23-12)27-18(28)17-14(24-27)4-3-5-15(17)26-8-6-25(2)7-9-26/h10-11,15,28H,3-9H2,1-2H3. The zero-order chi connectivity index (χ0) is 20.1. The van der Waals surface area contributed by atoms with Gasteiger partial charge in [0.25, 0.3) is 0 Å². The Bertz CT molecular complexity index is 871. The third-order valence-electron chi connectivity index (χ3n) is 5.66. The average Bonchev–Trinajstić information content (AvgIpc) is 2.98. The molecule has 3 heterocycles. The van der Waals surface area contributed by atoms with Crippen LogP contribution in [0.3, 0.4) is 0 Å². The third kappa shape index (κ3) is 3.48. The van der Waals surface area contributed by atoms with Crippen LogP contribution in [-0.2, 0) is 12.6 Å². The summed E-state index contributed by atoms with van der Waals surface area (Å²) in [7, 11) is 2.08. The molecule has 0 bridgehead atoms. The zero-order valence-corrected chi connectivity index (χ0v) is 16.0. The molecule has 1 aliphatic heterocycles. The summed E-state index contributed by atoms with van der Waals surface area (Å²) in [6, 6.07) is 1.98. The molecule has 1 N–H and O–H groups in total. The molecule has 2 aliphatic rings. The van der Waals surface area contributed by atoms with Crippen molar-refractivity contribution in [2.24, 2.45) is 0 Å². The zero-order valence-electron chi connectivity index (χ0n) is 16.0. The Morgan fingerprint density at radius 2 is 1.86 bits per heavy atom. The number of nitrogens with zero attached hydrogens (tertiary/aromatic N) is 5. The Kier molecular flexibility index (Phi) is 4.83. The highest BCUT2D eigenvalue weighted by molar-refractivity contribution is 5.42. The van der Waals surface area contributed by atoms with Crippen LogP contribution in [0.1, 0.15) is 41.4 Å². The average molecular weight is 395 g/mol. The number of aryl methyl sites for hydroxylation is 2. The summed E-state index contributed by atoms with van der Waals surface area (Å²) in [4.78, 5) is 8.79. The summed E-state index contributed by atoms with van der Waals surface area (Å²) in [5.74, 6) is -0.0961. The topological polar surface area (TPSA) is 57.4 Å². The molecule has 2 aromatic heterocycles. The number of rotatable bonds is 2. The fraction of sp³-hybridized carbons (Fsp3) is 0.579. The highest BCUT2D eigenvalue weighted by atomic mass is 19.4. The summed E-state index contributed by atoms with van der Waals surface area (Å²) in [6.07, 6.45) is -1.92. The van der Waals surface area contributed by atoms with Gasteiger partial charge in [-0.15, -0.1) is 0 Å². The van der Waals surface area contributed by atoms with E-state index in [0.29, 0.717) is 6.42 Å². The van der Waals surface area contributed by atoms with Crippen LogP contribution in [0, 0.1) is 6.92 Å². The first-order valence-corrected chi connectivity index (χ1v) is 9.53. The van der Waals surface area contributed by atoms with Crippen molar-refractivity contribution < 1.29 is 18.3 Å². The van der Waals surface area contributed by atoms with Crippen LogP contribution < -0.4 is 0 Å². The largest absolute Gasteiger partial charge is 0.493 e. The Labute approximate surface area is 161 Å². The fourth-order valence-corrected chi connectivity index (χ4v) is 4.18. The second kappa shape index (κ2) is 7.04. The molecule has 9 heteroatoms. The molecule has 0 saturated carbocycles. The first-order valence-electron chi connectivity index (χ1n) is 9.53. The number of hydrogen-bond donors (Lipinski definition) is 1. The molecule has 1 fully saturated rings. The first kappa shape index (κ1) is 19.2. The van der Waals surface area contributed by atoms with Gasteiger partial charge in [-0.05, 0) is 45.4 Å². The van der Waals surface area contributed by atoms with E-state index in [-0.39, 0.29) is 23.4 Å².